The Bertz CT molecular complexity index is 856. The molecule has 0 bridgehead atoms. The molecule has 0 N–H and O–H groups in total. The van der Waals surface area contributed by atoms with Gasteiger partial charge >= 0.3 is 0 Å². The number of carbonyl (C=O) groups excluding carboxylic acids is 1. The molecular weight excluding hydrogens is 402 g/mol. The van der Waals surface area contributed by atoms with Crippen LogP contribution in [0.25, 0.3) is 0 Å². The molecule has 174 valence electrons. The average Bonchev–Trinajstić information content (AvgIpc) is 3.09. The van der Waals surface area contributed by atoms with E-state index >= 15 is 0 Å². The lowest BCUT2D eigenvalue weighted by molar-refractivity contribution is -0.140. The molecule has 0 radical (unpaired) electrons. The van der Waals surface area contributed by atoms with Crippen LogP contribution in [-0.2, 0) is 4.79 Å². The van der Waals surface area contributed by atoms with Crippen molar-refractivity contribution < 1.29 is 14.3 Å². The molecule has 3 aliphatic rings. The second-order valence-corrected chi connectivity index (χ2v) is 9.49. The van der Waals surface area contributed by atoms with Gasteiger partial charge in [-0.25, -0.2) is 5.01 Å². The lowest BCUT2D eigenvalue weighted by Gasteiger charge is -2.40. The van der Waals surface area contributed by atoms with E-state index in [1.54, 1.807) is 7.11 Å². The van der Waals surface area contributed by atoms with Crippen LogP contribution in [0.2, 0.25) is 0 Å². The number of fused-ring (bicyclic) bond motifs is 1. The summed E-state index contributed by atoms with van der Waals surface area (Å²) in [5.41, 5.74) is 2.05. The third-order valence-electron chi connectivity index (χ3n) is 6.97. The SMILES string of the molecule is COc1ccc(C2=NN(C3CCCCCC3)C(=O)[C@@H]3CC=CC[C@H]23)cc1OCCN(C)C. The van der Waals surface area contributed by atoms with Gasteiger partial charge in [0.2, 0.25) is 5.91 Å². The number of methoxy groups -OCH3 is 1. The number of benzene rings is 1. The van der Waals surface area contributed by atoms with Crippen LogP contribution in [0.15, 0.2) is 35.5 Å². The number of amides is 1. The van der Waals surface area contributed by atoms with Crippen LogP contribution in [0.3, 0.4) is 0 Å². The average molecular weight is 440 g/mol. The second kappa shape index (κ2) is 10.5. The number of ether oxygens (including phenoxy) is 2. The van der Waals surface area contributed by atoms with E-state index in [0.717, 1.165) is 55.0 Å². The molecule has 1 aromatic carbocycles. The summed E-state index contributed by atoms with van der Waals surface area (Å²) < 4.78 is 11.6. The summed E-state index contributed by atoms with van der Waals surface area (Å²) >= 11 is 0. The predicted molar refractivity (Wildman–Crippen MR) is 127 cm³/mol. The minimum Gasteiger partial charge on any atom is -0.493 e. The molecule has 2 atom stereocenters. The molecule has 1 aliphatic heterocycles. The first-order chi connectivity index (χ1) is 15.6. The second-order valence-electron chi connectivity index (χ2n) is 9.49. The van der Waals surface area contributed by atoms with Crippen LogP contribution in [0.5, 0.6) is 11.5 Å². The summed E-state index contributed by atoms with van der Waals surface area (Å²) in [6.07, 6.45) is 13.0. The van der Waals surface area contributed by atoms with Crippen molar-refractivity contribution in [2.24, 2.45) is 16.9 Å². The lowest BCUT2D eigenvalue weighted by atomic mass is 9.76. The fraction of sp³-hybridized carbons (Fsp3) is 0.615. The maximum absolute atomic E-state index is 13.5. The smallest absolute Gasteiger partial charge is 0.247 e. The molecule has 0 aromatic heterocycles. The number of likely N-dealkylation sites (N-methyl/N-ethyl adjacent to an activating group) is 1. The molecule has 6 nitrogen and oxygen atoms in total. The summed E-state index contributed by atoms with van der Waals surface area (Å²) in [6.45, 7) is 1.41. The van der Waals surface area contributed by atoms with E-state index < -0.39 is 0 Å². The molecule has 1 heterocycles. The number of allylic oxidation sites excluding steroid dienone is 2. The van der Waals surface area contributed by atoms with Gasteiger partial charge in [0.15, 0.2) is 11.5 Å². The van der Waals surface area contributed by atoms with Crippen molar-refractivity contribution in [2.75, 3.05) is 34.4 Å². The first-order valence-electron chi connectivity index (χ1n) is 12.1. The molecule has 4 rings (SSSR count). The zero-order chi connectivity index (χ0) is 22.5. The van der Waals surface area contributed by atoms with Crippen molar-refractivity contribution in [3.63, 3.8) is 0 Å². The van der Waals surface area contributed by atoms with Gasteiger partial charge < -0.3 is 14.4 Å². The fourth-order valence-corrected chi connectivity index (χ4v) is 5.12. The Kier molecular flexibility index (Phi) is 7.51. The summed E-state index contributed by atoms with van der Waals surface area (Å²) in [4.78, 5) is 15.6. The minimum atomic E-state index is -0.0176. The number of carbonyl (C=O) groups is 1. The van der Waals surface area contributed by atoms with E-state index in [1.165, 1.54) is 25.7 Å². The van der Waals surface area contributed by atoms with Crippen molar-refractivity contribution in [1.29, 1.82) is 0 Å². The van der Waals surface area contributed by atoms with E-state index in [4.69, 9.17) is 14.6 Å². The number of hydrazone groups is 1. The highest BCUT2D eigenvalue weighted by molar-refractivity contribution is 6.07. The molecule has 0 spiro atoms. The van der Waals surface area contributed by atoms with Crippen LogP contribution in [0.1, 0.15) is 56.9 Å². The standard InChI is InChI=1S/C26H37N3O3/c1-28(2)16-17-32-24-18-19(14-15-23(24)31-3)25-21-12-8-9-13-22(21)26(30)29(27-25)20-10-6-4-5-7-11-20/h8-9,14-15,18,20-22H,4-7,10-13,16-17H2,1-3H3/t21-,22+/m0/s1. The number of hydrogen-bond acceptors (Lipinski definition) is 5. The molecule has 1 saturated carbocycles. The van der Waals surface area contributed by atoms with Crippen molar-refractivity contribution in [3.05, 3.63) is 35.9 Å². The highest BCUT2D eigenvalue weighted by Gasteiger charge is 2.42. The summed E-state index contributed by atoms with van der Waals surface area (Å²) in [5, 5.41) is 6.91. The first kappa shape index (κ1) is 22.8. The molecule has 1 fully saturated rings. The fourth-order valence-electron chi connectivity index (χ4n) is 5.12. The Labute approximate surface area is 192 Å². The summed E-state index contributed by atoms with van der Waals surface area (Å²) in [7, 11) is 5.73. The molecule has 1 amide bonds. The zero-order valence-corrected chi connectivity index (χ0v) is 19.8. The highest BCUT2D eigenvalue weighted by Crippen LogP contribution is 2.38. The van der Waals surface area contributed by atoms with E-state index in [0.29, 0.717) is 6.61 Å². The summed E-state index contributed by atoms with van der Waals surface area (Å²) in [6, 6.07) is 6.29. The third-order valence-corrected chi connectivity index (χ3v) is 6.97. The topological polar surface area (TPSA) is 54.4 Å². The first-order valence-corrected chi connectivity index (χ1v) is 12.1. The predicted octanol–water partition coefficient (Wildman–Crippen LogP) is 4.49. The van der Waals surface area contributed by atoms with Gasteiger partial charge in [0.05, 0.1) is 24.8 Å². The van der Waals surface area contributed by atoms with Gasteiger partial charge in [-0.05, 0) is 58.0 Å². The van der Waals surface area contributed by atoms with Crippen LogP contribution in [0, 0.1) is 11.8 Å². The van der Waals surface area contributed by atoms with Gasteiger partial charge in [-0.15, -0.1) is 0 Å². The Morgan fingerprint density at radius 2 is 1.75 bits per heavy atom. The lowest BCUT2D eigenvalue weighted by Crippen LogP contribution is -2.49. The van der Waals surface area contributed by atoms with Crippen LogP contribution in [-0.4, -0.2) is 61.9 Å². The van der Waals surface area contributed by atoms with Crippen LogP contribution < -0.4 is 9.47 Å². The minimum absolute atomic E-state index is 0.0176. The van der Waals surface area contributed by atoms with E-state index in [9.17, 15) is 4.79 Å². The van der Waals surface area contributed by atoms with Crippen molar-refractivity contribution in [1.82, 2.24) is 9.91 Å². The monoisotopic (exact) mass is 439 g/mol. The maximum atomic E-state index is 13.5. The van der Waals surface area contributed by atoms with E-state index in [2.05, 4.69) is 23.1 Å². The number of hydrogen-bond donors (Lipinski definition) is 0. The van der Waals surface area contributed by atoms with Gasteiger partial charge in [-0.2, -0.15) is 5.10 Å². The van der Waals surface area contributed by atoms with Crippen molar-refractivity contribution in [3.8, 4) is 11.5 Å². The van der Waals surface area contributed by atoms with Crippen LogP contribution in [0.4, 0.5) is 0 Å². The Morgan fingerprint density at radius 1 is 1.03 bits per heavy atom. The van der Waals surface area contributed by atoms with Gasteiger partial charge in [-0.3, -0.25) is 4.79 Å². The Hall–Kier alpha value is -2.34. The number of nitrogens with zero attached hydrogens (tertiary/aromatic N) is 3. The zero-order valence-electron chi connectivity index (χ0n) is 19.8. The quantitative estimate of drug-likeness (QED) is 0.464. The van der Waals surface area contributed by atoms with Crippen molar-refractivity contribution in [2.45, 2.75) is 57.4 Å². The Balaban J connectivity index is 1.67. The molecule has 32 heavy (non-hydrogen) atoms. The molecule has 1 aromatic rings. The van der Waals surface area contributed by atoms with Gasteiger partial charge in [0.1, 0.15) is 6.61 Å². The Morgan fingerprint density at radius 3 is 2.44 bits per heavy atom. The molecular formula is C26H37N3O3. The largest absolute Gasteiger partial charge is 0.493 e. The van der Waals surface area contributed by atoms with E-state index in [1.807, 2.05) is 31.2 Å². The van der Waals surface area contributed by atoms with Crippen LogP contribution >= 0.6 is 0 Å². The molecule has 0 unspecified atom stereocenters. The highest BCUT2D eigenvalue weighted by atomic mass is 16.5. The summed E-state index contributed by atoms with van der Waals surface area (Å²) in [5.74, 6) is 1.77. The van der Waals surface area contributed by atoms with E-state index in [-0.39, 0.29) is 23.8 Å². The number of rotatable bonds is 7. The third kappa shape index (κ3) is 5.01. The van der Waals surface area contributed by atoms with Gasteiger partial charge in [-0.1, -0.05) is 37.8 Å². The van der Waals surface area contributed by atoms with Gasteiger partial charge in [0, 0.05) is 18.0 Å². The normalized spacial score (nSPS) is 24.2. The maximum Gasteiger partial charge on any atom is 0.247 e. The molecule has 2 aliphatic carbocycles. The van der Waals surface area contributed by atoms with Gasteiger partial charge in [0.25, 0.3) is 0 Å². The van der Waals surface area contributed by atoms with Crippen molar-refractivity contribution >= 4 is 11.6 Å². The molecule has 0 saturated heterocycles. The molecule has 6 heteroatoms.